The zero-order valence-corrected chi connectivity index (χ0v) is 24.9. The molecule has 222 valence electrons. The van der Waals surface area contributed by atoms with E-state index in [0.717, 1.165) is 53.1 Å². The minimum atomic E-state index is -0.824. The van der Waals surface area contributed by atoms with E-state index in [1.165, 1.54) is 0 Å². The summed E-state index contributed by atoms with van der Waals surface area (Å²) < 4.78 is 13.2. The van der Waals surface area contributed by atoms with Crippen LogP contribution in [0.25, 0.3) is 0 Å². The number of methoxy groups -OCH3 is 1. The largest absolute Gasteiger partial charge is 0.496 e. The number of likely N-dealkylation sites (tertiary alicyclic amines) is 1. The molecule has 0 saturated carbocycles. The predicted molar refractivity (Wildman–Crippen MR) is 161 cm³/mol. The zero-order chi connectivity index (χ0) is 29.6. The Morgan fingerprint density at radius 2 is 2.00 bits per heavy atom. The van der Waals surface area contributed by atoms with Gasteiger partial charge in [-0.2, -0.15) is 0 Å². The molecule has 0 aliphatic carbocycles. The number of carboxylic acid groups (broad SMARTS) is 1. The van der Waals surface area contributed by atoms with Crippen LogP contribution in [0, 0.1) is 5.92 Å². The fourth-order valence-corrected chi connectivity index (χ4v) is 6.55. The number of hydrogen-bond acceptors (Lipinski definition) is 5. The summed E-state index contributed by atoms with van der Waals surface area (Å²) in [5.41, 5.74) is 4.02. The number of aryl methyl sites for hydroxylation is 2. The summed E-state index contributed by atoms with van der Waals surface area (Å²) >= 11 is 0. The van der Waals surface area contributed by atoms with Crippen molar-refractivity contribution in [3.8, 4) is 11.5 Å². The Labute approximate surface area is 248 Å². The molecule has 1 unspecified atom stereocenters. The van der Waals surface area contributed by atoms with Gasteiger partial charge in [-0.05, 0) is 54.2 Å². The molecule has 5 rings (SSSR count). The van der Waals surface area contributed by atoms with Gasteiger partial charge in [0.25, 0.3) is 0 Å². The molecular formula is C34H42N3O5+. The molecule has 2 aromatic carbocycles. The number of para-hydroxylation sites is 1. The van der Waals surface area contributed by atoms with Crippen LogP contribution in [0.2, 0.25) is 0 Å². The number of hydrogen-bond donors (Lipinski definition) is 1. The van der Waals surface area contributed by atoms with Gasteiger partial charge in [0, 0.05) is 37.5 Å². The fraction of sp³-hybridized carbons (Fsp3) is 0.441. The highest BCUT2D eigenvalue weighted by Gasteiger charge is 2.47. The molecule has 0 bridgehead atoms. The average molecular weight is 573 g/mol. The van der Waals surface area contributed by atoms with E-state index in [1.54, 1.807) is 7.11 Å². The monoisotopic (exact) mass is 572 g/mol. The fourth-order valence-electron chi connectivity index (χ4n) is 6.55. The quantitative estimate of drug-likeness (QED) is 0.324. The molecule has 3 aromatic rings. The minimum Gasteiger partial charge on any atom is -0.496 e. The van der Waals surface area contributed by atoms with Crippen LogP contribution in [0.3, 0.4) is 0 Å². The number of pyridine rings is 1. The lowest BCUT2D eigenvalue weighted by atomic mass is 9.83. The van der Waals surface area contributed by atoms with Crippen molar-refractivity contribution in [1.29, 1.82) is 0 Å². The lowest BCUT2D eigenvalue weighted by Crippen LogP contribution is -2.45. The highest BCUT2D eigenvalue weighted by Crippen LogP contribution is 2.41. The second kappa shape index (κ2) is 13.4. The van der Waals surface area contributed by atoms with Crippen molar-refractivity contribution in [3.63, 3.8) is 0 Å². The lowest BCUT2D eigenvalue weighted by molar-refractivity contribution is -0.670. The molecule has 3 atom stereocenters. The molecule has 0 spiro atoms. The Morgan fingerprint density at radius 3 is 2.76 bits per heavy atom. The maximum Gasteiger partial charge on any atom is 0.308 e. The van der Waals surface area contributed by atoms with E-state index in [9.17, 15) is 14.7 Å². The van der Waals surface area contributed by atoms with E-state index in [4.69, 9.17) is 9.47 Å². The van der Waals surface area contributed by atoms with Gasteiger partial charge in [-0.3, -0.25) is 14.5 Å². The number of ether oxygens (including phenoxy) is 2. The number of rotatable bonds is 12. The number of carboxylic acids is 1. The van der Waals surface area contributed by atoms with Gasteiger partial charge in [0.15, 0.2) is 12.4 Å². The molecule has 1 amide bonds. The molecule has 8 heteroatoms. The summed E-state index contributed by atoms with van der Waals surface area (Å²) in [7, 11) is 3.60. The molecule has 42 heavy (non-hydrogen) atoms. The number of amides is 1. The number of unbranched alkanes of at least 4 members (excludes halogenated alkanes) is 1. The standard InChI is InChI=1S/C34H41N3O5/c1-4-5-18-37(27-10-8-17-35(2)21-27)32(38)23-36-22-28(25-13-15-31-26(20-25)16-19-42-31)33(34(39)40)29(36)14-12-24-9-6-7-11-30(24)41-3/h6-11,13,15,17,20-21,28-29,33H,4-5,12,14,16,18-19,22-23H2,1-3H3/p+1/t28-,29+,33?/m1/s1. The van der Waals surface area contributed by atoms with Crippen LogP contribution in [0.5, 0.6) is 11.5 Å². The predicted octanol–water partition coefficient (Wildman–Crippen LogP) is 4.39. The number of anilines is 1. The number of aromatic nitrogens is 1. The number of benzene rings is 2. The van der Waals surface area contributed by atoms with Crippen molar-refractivity contribution in [2.24, 2.45) is 13.0 Å². The molecular weight excluding hydrogens is 530 g/mol. The van der Waals surface area contributed by atoms with Crippen molar-refractivity contribution in [3.05, 3.63) is 83.7 Å². The molecule has 2 aliphatic heterocycles. The summed E-state index contributed by atoms with van der Waals surface area (Å²) in [6.45, 7) is 4.05. The molecule has 1 saturated heterocycles. The van der Waals surface area contributed by atoms with E-state index in [2.05, 4.69) is 17.9 Å². The van der Waals surface area contributed by atoms with Crippen LogP contribution in [-0.2, 0) is 29.5 Å². The van der Waals surface area contributed by atoms with Crippen molar-refractivity contribution in [2.75, 3.05) is 38.3 Å². The number of carbonyl (C=O) groups is 2. The van der Waals surface area contributed by atoms with E-state index in [0.29, 0.717) is 32.5 Å². The van der Waals surface area contributed by atoms with Crippen molar-refractivity contribution in [1.82, 2.24) is 4.90 Å². The van der Waals surface area contributed by atoms with Crippen LogP contribution < -0.4 is 18.9 Å². The molecule has 2 aliphatic rings. The number of fused-ring (bicyclic) bond motifs is 1. The highest BCUT2D eigenvalue weighted by atomic mass is 16.5. The lowest BCUT2D eigenvalue weighted by Gasteiger charge is -2.29. The van der Waals surface area contributed by atoms with Gasteiger partial charge in [-0.1, -0.05) is 43.7 Å². The van der Waals surface area contributed by atoms with Gasteiger partial charge in [0.05, 0.1) is 26.2 Å². The highest BCUT2D eigenvalue weighted by molar-refractivity contribution is 5.94. The first-order valence-electron chi connectivity index (χ1n) is 15.0. The third-order valence-electron chi connectivity index (χ3n) is 8.69. The van der Waals surface area contributed by atoms with Gasteiger partial charge < -0.3 is 19.5 Å². The summed E-state index contributed by atoms with van der Waals surface area (Å²) in [5.74, 6) is -0.0402. The number of nitrogens with zero attached hydrogens (tertiary/aromatic N) is 3. The summed E-state index contributed by atoms with van der Waals surface area (Å²) in [6.07, 6.45) is 7.86. The Morgan fingerprint density at radius 1 is 1.17 bits per heavy atom. The van der Waals surface area contributed by atoms with Crippen LogP contribution in [0.15, 0.2) is 67.0 Å². The number of aliphatic carboxylic acids is 1. The number of carbonyl (C=O) groups excluding carboxylic acids is 1. The summed E-state index contributed by atoms with van der Waals surface area (Å²) in [4.78, 5) is 30.9. The van der Waals surface area contributed by atoms with Gasteiger partial charge in [-0.15, -0.1) is 0 Å². The van der Waals surface area contributed by atoms with Crippen LogP contribution >= 0.6 is 0 Å². The third-order valence-corrected chi connectivity index (χ3v) is 8.69. The minimum absolute atomic E-state index is 0.0101. The topological polar surface area (TPSA) is 83.2 Å². The summed E-state index contributed by atoms with van der Waals surface area (Å²) in [5, 5.41) is 10.6. The van der Waals surface area contributed by atoms with Gasteiger partial charge in [0.1, 0.15) is 24.2 Å². The molecule has 1 fully saturated rings. The van der Waals surface area contributed by atoms with Crippen LogP contribution in [0.1, 0.15) is 48.8 Å². The Balaban J connectivity index is 1.46. The first-order chi connectivity index (χ1) is 20.4. The SMILES string of the molecule is CCCCN(C(=O)CN1C[C@H](c2ccc3c(c2)CCO3)C(C(=O)O)[C@@H]1CCc1ccccc1OC)c1ccc[n+](C)c1. The first kappa shape index (κ1) is 29.6. The van der Waals surface area contributed by atoms with Crippen LogP contribution in [-0.4, -0.2) is 61.3 Å². The van der Waals surface area contributed by atoms with Crippen molar-refractivity contribution in [2.45, 2.75) is 51.0 Å². The normalized spacial score (nSPS) is 19.7. The molecule has 8 nitrogen and oxygen atoms in total. The average Bonchev–Trinajstić information content (AvgIpc) is 3.60. The smallest absolute Gasteiger partial charge is 0.308 e. The van der Waals surface area contributed by atoms with Gasteiger partial charge in [-0.25, -0.2) is 4.57 Å². The third kappa shape index (κ3) is 6.44. The van der Waals surface area contributed by atoms with Crippen molar-refractivity contribution >= 4 is 17.6 Å². The van der Waals surface area contributed by atoms with Crippen LogP contribution in [0.4, 0.5) is 5.69 Å². The molecule has 1 N–H and O–H groups in total. The van der Waals surface area contributed by atoms with E-state index in [1.807, 2.05) is 77.4 Å². The van der Waals surface area contributed by atoms with Crippen molar-refractivity contribution < 1.29 is 28.7 Å². The van der Waals surface area contributed by atoms with E-state index in [-0.39, 0.29) is 24.4 Å². The Bertz CT molecular complexity index is 1410. The molecule has 3 heterocycles. The Hall–Kier alpha value is -3.91. The van der Waals surface area contributed by atoms with Gasteiger partial charge >= 0.3 is 5.97 Å². The zero-order valence-electron chi connectivity index (χ0n) is 24.9. The summed E-state index contributed by atoms with van der Waals surface area (Å²) in [6, 6.07) is 17.6. The van der Waals surface area contributed by atoms with E-state index >= 15 is 0 Å². The second-order valence-corrected chi connectivity index (χ2v) is 11.4. The Kier molecular flexibility index (Phi) is 9.42. The van der Waals surface area contributed by atoms with Gasteiger partial charge in [0.2, 0.25) is 5.91 Å². The molecule has 1 aromatic heterocycles. The maximum atomic E-state index is 14.0. The molecule has 0 radical (unpaired) electrons. The second-order valence-electron chi connectivity index (χ2n) is 11.4. The first-order valence-corrected chi connectivity index (χ1v) is 15.0. The maximum absolute atomic E-state index is 14.0. The van der Waals surface area contributed by atoms with E-state index < -0.39 is 11.9 Å².